The molecule has 2 aromatic rings. The Morgan fingerprint density at radius 3 is 2.82 bits per heavy atom. The van der Waals surface area contributed by atoms with Gasteiger partial charge in [-0.25, -0.2) is 9.79 Å². The quantitative estimate of drug-likeness (QED) is 0.550. The third-order valence-corrected chi connectivity index (χ3v) is 5.97. The smallest absolute Gasteiger partial charge is 0.338 e. The predicted octanol–water partition coefficient (Wildman–Crippen LogP) is 5.13. The lowest BCUT2D eigenvalue weighted by atomic mass is 9.94. The van der Waals surface area contributed by atoms with Crippen molar-refractivity contribution in [3.63, 3.8) is 0 Å². The van der Waals surface area contributed by atoms with E-state index in [-0.39, 0.29) is 19.1 Å². The zero-order chi connectivity index (χ0) is 23.4. The Morgan fingerprint density at radius 2 is 2.03 bits per heavy atom. The molecule has 0 spiro atoms. The number of anilines is 1. The molecule has 0 fully saturated rings. The summed E-state index contributed by atoms with van der Waals surface area (Å²) in [4.78, 5) is 31.6. The number of ether oxygens (including phenoxy) is 2. The largest absolute Gasteiger partial charge is 0.484 e. The Balaban J connectivity index is 1.53. The molecule has 9 heteroatoms. The molecule has 170 valence electrons. The van der Waals surface area contributed by atoms with Crippen molar-refractivity contribution < 1.29 is 19.1 Å². The van der Waals surface area contributed by atoms with Crippen LogP contribution < -0.4 is 10.1 Å². The number of nitrogens with one attached hydrogen (secondary N) is 1. The molecule has 0 aliphatic carbocycles. The number of thioether (sulfide) groups is 1. The number of amides is 1. The maximum Gasteiger partial charge on any atom is 0.338 e. The summed E-state index contributed by atoms with van der Waals surface area (Å²) in [5, 5.41) is 6.00. The second-order valence-corrected chi connectivity index (χ2v) is 8.56. The van der Waals surface area contributed by atoms with Crippen LogP contribution in [0.3, 0.4) is 0 Å². The summed E-state index contributed by atoms with van der Waals surface area (Å²) < 4.78 is 11.0. The highest BCUT2D eigenvalue weighted by Gasteiger charge is 2.37. The van der Waals surface area contributed by atoms with E-state index >= 15 is 0 Å². The molecule has 0 saturated carbocycles. The average Bonchev–Trinajstić information content (AvgIpc) is 3.25. The fourth-order valence-corrected chi connectivity index (χ4v) is 4.57. The van der Waals surface area contributed by atoms with E-state index in [1.54, 1.807) is 37.3 Å². The Morgan fingerprint density at radius 1 is 1.21 bits per heavy atom. The van der Waals surface area contributed by atoms with Crippen LogP contribution in [0.2, 0.25) is 5.02 Å². The fourth-order valence-electron chi connectivity index (χ4n) is 3.58. The molecule has 1 N–H and O–H groups in total. The molecule has 7 nitrogen and oxygen atoms in total. The highest BCUT2D eigenvalue weighted by molar-refractivity contribution is 8.16. The molecule has 2 aliphatic rings. The van der Waals surface area contributed by atoms with Gasteiger partial charge in [0.1, 0.15) is 5.75 Å². The van der Waals surface area contributed by atoms with Gasteiger partial charge in [-0.15, -0.1) is 0 Å². The van der Waals surface area contributed by atoms with E-state index in [4.69, 9.17) is 21.1 Å². The molecule has 0 bridgehead atoms. The molecule has 33 heavy (non-hydrogen) atoms. The number of nitrogens with zero attached hydrogens (tertiary/aromatic N) is 2. The number of fused-ring (bicyclic) bond motifs is 1. The van der Waals surface area contributed by atoms with E-state index < -0.39 is 12.0 Å². The zero-order valence-corrected chi connectivity index (χ0v) is 19.7. The van der Waals surface area contributed by atoms with Crippen LogP contribution in [0.25, 0.3) is 0 Å². The molecular formula is C24H22ClN3O4S. The van der Waals surface area contributed by atoms with Gasteiger partial charge < -0.3 is 19.7 Å². The number of esters is 1. The van der Waals surface area contributed by atoms with E-state index in [1.165, 1.54) is 11.8 Å². The summed E-state index contributed by atoms with van der Waals surface area (Å²) in [6.45, 7) is 3.68. The van der Waals surface area contributed by atoms with Gasteiger partial charge in [0.05, 0.1) is 23.9 Å². The Hall–Kier alpha value is -3.23. The van der Waals surface area contributed by atoms with Crippen molar-refractivity contribution in [2.75, 3.05) is 18.5 Å². The van der Waals surface area contributed by atoms with Gasteiger partial charge in [-0.1, -0.05) is 41.6 Å². The second-order valence-electron chi connectivity index (χ2n) is 7.25. The number of rotatable bonds is 7. The van der Waals surface area contributed by atoms with E-state index in [0.717, 1.165) is 10.7 Å². The molecule has 0 saturated heterocycles. The van der Waals surface area contributed by atoms with Gasteiger partial charge in [0.15, 0.2) is 11.8 Å². The van der Waals surface area contributed by atoms with E-state index in [0.29, 0.717) is 27.7 Å². The van der Waals surface area contributed by atoms with Crippen molar-refractivity contribution in [3.8, 4) is 5.75 Å². The number of aliphatic imine (C=N–C) groups is 1. The number of allylic oxidation sites excluding steroid dienone is 1. The molecule has 1 atom stereocenters. The maximum atomic E-state index is 12.8. The van der Waals surface area contributed by atoms with Gasteiger partial charge in [0, 0.05) is 16.9 Å². The minimum absolute atomic E-state index is 0.174. The predicted molar refractivity (Wildman–Crippen MR) is 130 cm³/mol. The molecule has 4 rings (SSSR count). The molecular weight excluding hydrogens is 462 g/mol. The molecule has 2 heterocycles. The standard InChI is InChI=1S/C24H22ClN3O4S/c1-3-31-23(30)21-15(2)26-24-28(10-11-33-24)22(21)16-6-4-9-19(12-16)32-14-20(29)27-18-8-5-7-17(25)13-18/h4-13,22H,3,14H2,1-2H3,(H,27,29)/t22-/m0/s1. The van der Waals surface area contributed by atoms with Gasteiger partial charge in [-0.2, -0.15) is 0 Å². The SMILES string of the molecule is CCOC(=O)C1=C(C)N=C2SC=CN2[C@H]1c1cccc(OCC(=O)Nc2cccc(Cl)c2)c1. The Kier molecular flexibility index (Phi) is 7.05. The third-order valence-electron chi connectivity index (χ3n) is 4.97. The van der Waals surface area contributed by atoms with Crippen LogP contribution in [0.15, 0.2) is 76.4 Å². The summed E-state index contributed by atoms with van der Waals surface area (Å²) >= 11 is 7.45. The minimum atomic E-state index is -0.411. The molecule has 0 unspecified atom stereocenters. The third kappa shape index (κ3) is 5.23. The molecule has 1 amide bonds. The highest BCUT2D eigenvalue weighted by Crippen LogP contribution is 2.41. The van der Waals surface area contributed by atoms with Crippen molar-refractivity contribution in [2.24, 2.45) is 4.99 Å². The number of benzene rings is 2. The molecule has 0 aromatic heterocycles. The van der Waals surface area contributed by atoms with E-state index in [9.17, 15) is 9.59 Å². The Labute approximate surface area is 201 Å². The number of carbonyl (C=O) groups excluding carboxylic acids is 2. The molecule has 2 aromatic carbocycles. The van der Waals surface area contributed by atoms with Crippen molar-refractivity contribution in [3.05, 3.63) is 82.0 Å². The van der Waals surface area contributed by atoms with E-state index in [2.05, 4.69) is 10.3 Å². The lowest BCUT2D eigenvalue weighted by Crippen LogP contribution is -2.34. The number of hydrogen-bond acceptors (Lipinski definition) is 7. The second kappa shape index (κ2) is 10.1. The molecule has 0 radical (unpaired) electrons. The first-order valence-corrected chi connectivity index (χ1v) is 11.6. The number of hydrogen-bond donors (Lipinski definition) is 1. The van der Waals surface area contributed by atoms with Crippen LogP contribution >= 0.6 is 23.4 Å². The van der Waals surface area contributed by atoms with Gasteiger partial charge in [0.25, 0.3) is 5.91 Å². The first-order chi connectivity index (χ1) is 16.0. The lowest BCUT2D eigenvalue weighted by molar-refractivity contribution is -0.139. The number of amidine groups is 1. The Bertz CT molecular complexity index is 1180. The van der Waals surface area contributed by atoms with Gasteiger partial charge in [0.2, 0.25) is 0 Å². The lowest BCUT2D eigenvalue weighted by Gasteiger charge is -2.33. The van der Waals surface area contributed by atoms with Crippen LogP contribution in [-0.4, -0.2) is 35.2 Å². The summed E-state index contributed by atoms with van der Waals surface area (Å²) in [5.74, 6) is -0.202. The summed E-state index contributed by atoms with van der Waals surface area (Å²) in [6, 6.07) is 13.8. The van der Waals surface area contributed by atoms with Crippen molar-refractivity contribution >= 4 is 46.1 Å². The van der Waals surface area contributed by atoms with Crippen LogP contribution in [0.4, 0.5) is 5.69 Å². The monoisotopic (exact) mass is 483 g/mol. The minimum Gasteiger partial charge on any atom is -0.484 e. The summed E-state index contributed by atoms with van der Waals surface area (Å²) in [5.41, 5.74) is 2.51. The highest BCUT2D eigenvalue weighted by atomic mass is 35.5. The van der Waals surface area contributed by atoms with E-state index in [1.807, 2.05) is 41.6 Å². The zero-order valence-electron chi connectivity index (χ0n) is 18.1. The maximum absolute atomic E-state index is 12.8. The van der Waals surface area contributed by atoms with Crippen LogP contribution in [0, 0.1) is 0 Å². The first kappa shape index (κ1) is 22.9. The first-order valence-electron chi connectivity index (χ1n) is 10.3. The van der Waals surface area contributed by atoms with Crippen molar-refractivity contribution in [1.29, 1.82) is 0 Å². The summed E-state index contributed by atoms with van der Waals surface area (Å²) in [7, 11) is 0. The van der Waals surface area contributed by atoms with Crippen LogP contribution in [0.5, 0.6) is 5.75 Å². The number of halogens is 1. The van der Waals surface area contributed by atoms with Crippen molar-refractivity contribution in [1.82, 2.24) is 4.90 Å². The topological polar surface area (TPSA) is 80.2 Å². The normalized spacial score (nSPS) is 16.9. The molecule has 2 aliphatic heterocycles. The van der Waals surface area contributed by atoms with Gasteiger partial charge >= 0.3 is 5.97 Å². The van der Waals surface area contributed by atoms with Gasteiger partial charge in [-0.05, 0) is 55.2 Å². The van der Waals surface area contributed by atoms with Crippen molar-refractivity contribution in [2.45, 2.75) is 19.9 Å². The summed E-state index contributed by atoms with van der Waals surface area (Å²) in [6.07, 6.45) is 1.89. The van der Waals surface area contributed by atoms with Gasteiger partial charge in [-0.3, -0.25) is 4.79 Å². The fraction of sp³-hybridized carbons (Fsp3) is 0.208. The van der Waals surface area contributed by atoms with Crippen LogP contribution in [-0.2, 0) is 14.3 Å². The van der Waals surface area contributed by atoms with Crippen LogP contribution in [0.1, 0.15) is 25.5 Å². The number of carbonyl (C=O) groups is 2. The average molecular weight is 484 g/mol.